The second-order valence-corrected chi connectivity index (χ2v) is 9.86. The van der Waals surface area contributed by atoms with E-state index in [1.165, 1.54) is 38.4 Å². The predicted octanol–water partition coefficient (Wildman–Crippen LogP) is 3.70. The number of ether oxygens (including phenoxy) is 2. The highest BCUT2D eigenvalue weighted by Gasteiger charge is 2.65. The number of rotatable bonds is 5. The van der Waals surface area contributed by atoms with Crippen LogP contribution in [0.15, 0.2) is 36.5 Å². The molecule has 0 saturated carbocycles. The van der Waals surface area contributed by atoms with E-state index in [9.17, 15) is 27.2 Å². The van der Waals surface area contributed by atoms with Gasteiger partial charge in [-0.1, -0.05) is 13.0 Å². The zero-order valence-corrected chi connectivity index (χ0v) is 21.5. The van der Waals surface area contributed by atoms with Crippen molar-refractivity contribution < 1.29 is 36.6 Å². The number of hydrogen-bond acceptors (Lipinski definition) is 6. The lowest BCUT2D eigenvalue weighted by Crippen LogP contribution is -2.47. The molecular formula is C26H30F4N4O4. The first kappa shape index (κ1) is 27.8. The third kappa shape index (κ3) is 5.19. The summed E-state index contributed by atoms with van der Waals surface area (Å²) in [6.07, 6.45) is -5.02. The van der Waals surface area contributed by atoms with Crippen LogP contribution in [0, 0.1) is 11.7 Å². The summed E-state index contributed by atoms with van der Waals surface area (Å²) in [5.74, 6) is -4.09. The van der Waals surface area contributed by atoms with E-state index in [1.807, 2.05) is 7.05 Å². The number of aromatic nitrogens is 1. The number of benzene rings is 1. The predicted molar refractivity (Wildman–Crippen MR) is 130 cm³/mol. The number of carbonyl (C=O) groups excluding carboxylic acids is 2. The number of alkyl halides is 3. The van der Waals surface area contributed by atoms with E-state index in [1.54, 1.807) is 4.90 Å². The van der Waals surface area contributed by atoms with Crippen molar-refractivity contribution in [3.63, 3.8) is 0 Å². The van der Waals surface area contributed by atoms with E-state index < -0.39 is 41.4 Å². The lowest BCUT2D eigenvalue weighted by atomic mass is 9.77. The Kier molecular flexibility index (Phi) is 7.67. The molecule has 2 aromatic rings. The molecule has 3 heterocycles. The van der Waals surface area contributed by atoms with E-state index in [2.05, 4.69) is 15.2 Å². The molecule has 2 saturated heterocycles. The van der Waals surface area contributed by atoms with E-state index in [0.29, 0.717) is 26.2 Å². The molecule has 1 N–H and O–H groups in total. The van der Waals surface area contributed by atoms with Crippen LogP contribution in [-0.2, 0) is 9.53 Å². The number of carbonyl (C=O) groups is 2. The quantitative estimate of drug-likeness (QED) is 0.585. The molecule has 0 radical (unpaired) electrons. The summed E-state index contributed by atoms with van der Waals surface area (Å²) in [5, 5.41) is 2.58. The first-order chi connectivity index (χ1) is 17.9. The number of nitrogens with zero attached hydrogens (tertiary/aromatic N) is 3. The molecular weight excluding hydrogens is 508 g/mol. The Balaban J connectivity index is 1.62. The van der Waals surface area contributed by atoms with Gasteiger partial charge in [-0.15, -0.1) is 0 Å². The fourth-order valence-electron chi connectivity index (χ4n) is 4.99. The number of methoxy groups -OCH3 is 1. The van der Waals surface area contributed by atoms with Crippen LogP contribution >= 0.6 is 0 Å². The molecule has 0 bridgehead atoms. The van der Waals surface area contributed by atoms with Gasteiger partial charge in [-0.2, -0.15) is 13.2 Å². The van der Waals surface area contributed by atoms with Crippen LogP contribution in [0.5, 0.6) is 5.75 Å². The van der Waals surface area contributed by atoms with Crippen molar-refractivity contribution in [3.05, 3.63) is 53.6 Å². The molecule has 206 valence electrons. The summed E-state index contributed by atoms with van der Waals surface area (Å²) >= 11 is 0. The molecule has 0 aliphatic carbocycles. The fourth-order valence-corrected chi connectivity index (χ4v) is 4.99. The third-order valence-electron chi connectivity index (χ3n) is 7.52. The van der Waals surface area contributed by atoms with Crippen molar-refractivity contribution >= 4 is 17.5 Å². The molecule has 12 heteroatoms. The molecule has 2 amide bonds. The molecule has 2 aliphatic heterocycles. The van der Waals surface area contributed by atoms with Crippen LogP contribution in [-0.4, -0.2) is 84.8 Å². The topological polar surface area (TPSA) is 84.0 Å². The summed E-state index contributed by atoms with van der Waals surface area (Å²) in [5.41, 5.74) is -2.15. The van der Waals surface area contributed by atoms with Crippen molar-refractivity contribution in [1.82, 2.24) is 14.8 Å². The molecule has 2 aliphatic rings. The number of pyridine rings is 1. The van der Waals surface area contributed by atoms with Gasteiger partial charge in [0.05, 0.1) is 7.11 Å². The minimum atomic E-state index is -4.79. The molecule has 0 spiro atoms. The summed E-state index contributed by atoms with van der Waals surface area (Å²) in [7, 11) is 3.23. The monoisotopic (exact) mass is 538 g/mol. The van der Waals surface area contributed by atoms with Crippen LogP contribution < -0.4 is 10.1 Å². The Morgan fingerprint density at radius 3 is 2.47 bits per heavy atom. The van der Waals surface area contributed by atoms with Crippen molar-refractivity contribution in [2.45, 2.75) is 37.6 Å². The fraction of sp³-hybridized carbons (Fsp3) is 0.500. The lowest BCUT2D eigenvalue weighted by Gasteiger charge is -2.32. The molecule has 1 aromatic heterocycles. The van der Waals surface area contributed by atoms with E-state index in [4.69, 9.17) is 9.47 Å². The normalized spacial score (nSPS) is 26.3. The summed E-state index contributed by atoms with van der Waals surface area (Å²) in [6.45, 7) is 4.72. The highest BCUT2D eigenvalue weighted by Crippen LogP contribution is 2.54. The first-order valence-electron chi connectivity index (χ1n) is 12.2. The number of nitrogens with one attached hydrogen (secondary N) is 1. The molecule has 0 unspecified atom stereocenters. The lowest BCUT2D eigenvalue weighted by molar-refractivity contribution is -0.272. The maximum Gasteiger partial charge on any atom is 0.417 e. The second kappa shape index (κ2) is 10.5. The van der Waals surface area contributed by atoms with E-state index in [-0.39, 0.29) is 28.6 Å². The zero-order chi connectivity index (χ0) is 27.8. The molecule has 2 fully saturated rings. The van der Waals surface area contributed by atoms with Crippen molar-refractivity contribution in [3.8, 4) is 5.75 Å². The molecule has 8 nitrogen and oxygen atoms in total. The van der Waals surface area contributed by atoms with Gasteiger partial charge in [0.25, 0.3) is 11.8 Å². The minimum Gasteiger partial charge on any atom is -0.496 e. The minimum absolute atomic E-state index is 0.0126. The van der Waals surface area contributed by atoms with E-state index in [0.717, 1.165) is 19.1 Å². The van der Waals surface area contributed by atoms with Gasteiger partial charge in [-0.05, 0) is 32.2 Å². The summed E-state index contributed by atoms with van der Waals surface area (Å²) < 4.78 is 66.9. The van der Waals surface area contributed by atoms with Crippen LogP contribution in [0.3, 0.4) is 0 Å². The average Bonchev–Trinajstić information content (AvgIpc) is 3.16. The Labute approximate surface area is 217 Å². The largest absolute Gasteiger partial charge is 0.496 e. The number of piperazine rings is 1. The number of anilines is 1. The van der Waals surface area contributed by atoms with Crippen LogP contribution in [0.25, 0.3) is 0 Å². The number of amides is 2. The van der Waals surface area contributed by atoms with Crippen LogP contribution in [0.4, 0.5) is 23.2 Å². The van der Waals surface area contributed by atoms with Crippen molar-refractivity contribution in [2.24, 2.45) is 5.92 Å². The maximum atomic E-state index is 14.1. The van der Waals surface area contributed by atoms with Crippen LogP contribution in [0.1, 0.15) is 35.8 Å². The van der Waals surface area contributed by atoms with Crippen molar-refractivity contribution in [1.29, 1.82) is 0 Å². The third-order valence-corrected chi connectivity index (χ3v) is 7.52. The molecule has 4 atom stereocenters. The summed E-state index contributed by atoms with van der Waals surface area (Å²) in [6, 6.07) is 6.28. The zero-order valence-electron chi connectivity index (χ0n) is 21.5. The van der Waals surface area contributed by atoms with Gasteiger partial charge in [0.15, 0.2) is 5.60 Å². The Morgan fingerprint density at radius 1 is 1.16 bits per heavy atom. The van der Waals surface area contributed by atoms with Gasteiger partial charge in [0, 0.05) is 61.5 Å². The van der Waals surface area contributed by atoms with Gasteiger partial charge in [-0.25, -0.2) is 4.39 Å². The number of halogens is 4. The number of hydrogen-bond donors (Lipinski definition) is 1. The van der Waals surface area contributed by atoms with Gasteiger partial charge >= 0.3 is 6.18 Å². The Hall–Kier alpha value is -3.25. The smallest absolute Gasteiger partial charge is 0.417 e. The molecule has 4 rings (SSSR count). The van der Waals surface area contributed by atoms with Gasteiger partial charge in [0.1, 0.15) is 23.4 Å². The standard InChI is InChI=1S/C26H30F4N4O4/c1-15-21(18-6-5-16(27)13-20(18)37-4)22(38-25(15,2)26(28,29)30)23(35)32-17-7-8-31-19(14-17)24(36)34-11-9-33(3)10-12-34/h5-8,13-15,21-22H,9-12H2,1-4H3,(H,31,32,35)/t15-,21-,22+,25+/m0/s1. The molecule has 38 heavy (non-hydrogen) atoms. The SMILES string of the molecule is COc1cc(F)ccc1[C@H]1[C@H](C(=O)Nc2ccnc(C(=O)N3CCN(C)CC3)c2)O[C@@](C)(C(F)(F)F)[C@H]1C. The highest BCUT2D eigenvalue weighted by molar-refractivity contribution is 5.98. The molecule has 1 aromatic carbocycles. The average molecular weight is 539 g/mol. The Morgan fingerprint density at radius 2 is 1.84 bits per heavy atom. The van der Waals surface area contributed by atoms with Gasteiger partial charge in [0.2, 0.25) is 0 Å². The second-order valence-electron chi connectivity index (χ2n) is 9.86. The van der Waals surface area contributed by atoms with Crippen LogP contribution in [0.2, 0.25) is 0 Å². The van der Waals surface area contributed by atoms with E-state index >= 15 is 0 Å². The van der Waals surface area contributed by atoms with Gasteiger partial charge in [-0.3, -0.25) is 14.6 Å². The van der Waals surface area contributed by atoms with Crippen molar-refractivity contribution in [2.75, 3.05) is 45.7 Å². The number of likely N-dealkylation sites (N-methyl/N-ethyl adjacent to an activating group) is 1. The van der Waals surface area contributed by atoms with Gasteiger partial charge < -0.3 is 24.6 Å². The maximum absolute atomic E-state index is 14.1. The first-order valence-corrected chi connectivity index (χ1v) is 12.2. The highest BCUT2D eigenvalue weighted by atomic mass is 19.4. The Bertz CT molecular complexity index is 1200. The summed E-state index contributed by atoms with van der Waals surface area (Å²) in [4.78, 5) is 34.2.